The molecule has 0 saturated carbocycles. The maximum atomic E-state index is 11.6. The maximum absolute atomic E-state index is 11.6. The van der Waals surface area contributed by atoms with Crippen LogP contribution >= 0.6 is 11.9 Å². The Balaban J connectivity index is 2.52. The molecule has 90 valence electrons. The van der Waals surface area contributed by atoms with Crippen molar-refractivity contribution >= 4 is 29.7 Å². The molecule has 0 aliphatic carbocycles. The van der Waals surface area contributed by atoms with Crippen LogP contribution in [-0.4, -0.2) is 39.0 Å². The van der Waals surface area contributed by atoms with Crippen LogP contribution in [0.5, 0.6) is 0 Å². The second kappa shape index (κ2) is 5.31. The molecule has 1 aliphatic heterocycles. The topological polar surface area (TPSA) is 101 Å². The summed E-state index contributed by atoms with van der Waals surface area (Å²) in [6.07, 6.45) is 0.831. The zero-order valence-corrected chi connectivity index (χ0v) is 9.70. The molecule has 16 heavy (non-hydrogen) atoms. The minimum Gasteiger partial charge on any atom is -0.480 e. The second-order valence-electron chi connectivity index (χ2n) is 3.58. The average molecular weight is 246 g/mol. The smallest absolute Gasteiger partial charge is 0.321 e. The molecule has 7 heteroatoms. The minimum absolute atomic E-state index is 0.0171. The van der Waals surface area contributed by atoms with Crippen molar-refractivity contribution in [3.63, 3.8) is 0 Å². The summed E-state index contributed by atoms with van der Waals surface area (Å²) >= 11 is 0.884. The zero-order valence-electron chi connectivity index (χ0n) is 8.88. The number of carboxylic acid groups (broad SMARTS) is 1. The molecule has 0 spiro atoms. The van der Waals surface area contributed by atoms with Gasteiger partial charge in [0.05, 0.1) is 0 Å². The Hall–Kier alpha value is -1.08. The third-order valence-corrected chi connectivity index (χ3v) is 3.54. The molecule has 2 amide bonds. The number of aliphatic carboxylic acids is 1. The van der Waals surface area contributed by atoms with E-state index >= 15 is 0 Å². The molecule has 1 aliphatic rings. The number of hydrogen-bond donors (Lipinski definition) is 2. The van der Waals surface area contributed by atoms with Gasteiger partial charge in [0.15, 0.2) is 0 Å². The number of carbonyl (C=O) groups is 3. The normalized spacial score (nSPS) is 22.6. The van der Waals surface area contributed by atoms with Crippen LogP contribution in [0.3, 0.4) is 0 Å². The molecule has 0 radical (unpaired) electrons. The van der Waals surface area contributed by atoms with E-state index in [4.69, 9.17) is 10.8 Å². The van der Waals surface area contributed by atoms with Crippen LogP contribution < -0.4 is 5.73 Å². The first-order valence-electron chi connectivity index (χ1n) is 4.95. The maximum Gasteiger partial charge on any atom is 0.321 e. The number of hydrogen-bond acceptors (Lipinski definition) is 5. The lowest BCUT2D eigenvalue weighted by molar-refractivity contribution is -0.138. The van der Waals surface area contributed by atoms with Crippen LogP contribution in [0.1, 0.15) is 19.8 Å². The van der Waals surface area contributed by atoms with E-state index in [1.807, 2.05) is 6.92 Å². The molecular weight excluding hydrogens is 232 g/mol. The van der Waals surface area contributed by atoms with E-state index in [0.29, 0.717) is 6.42 Å². The standard InChI is InChI=1S/C9H14N2O4S/c1-2-5-3-7(12)11(8(5)13)16-4-6(10)9(14)15/h5-6H,2-4,10H2,1H3,(H,14,15)/t5-,6-/m0/s1. The third-order valence-electron chi connectivity index (χ3n) is 2.39. The summed E-state index contributed by atoms with van der Waals surface area (Å²) in [5.41, 5.74) is 5.28. The average Bonchev–Trinajstić information content (AvgIpc) is 2.51. The summed E-state index contributed by atoms with van der Waals surface area (Å²) in [5.74, 6) is -1.89. The summed E-state index contributed by atoms with van der Waals surface area (Å²) in [5, 5.41) is 8.56. The predicted molar refractivity (Wildman–Crippen MR) is 58.3 cm³/mol. The van der Waals surface area contributed by atoms with E-state index in [9.17, 15) is 14.4 Å². The summed E-state index contributed by atoms with van der Waals surface area (Å²) in [4.78, 5) is 33.5. The number of carboxylic acids is 1. The second-order valence-corrected chi connectivity index (χ2v) is 4.53. The van der Waals surface area contributed by atoms with Crippen molar-refractivity contribution in [2.24, 2.45) is 11.7 Å². The molecule has 0 aromatic carbocycles. The minimum atomic E-state index is -1.14. The van der Waals surface area contributed by atoms with Crippen molar-refractivity contribution in [3.8, 4) is 0 Å². The van der Waals surface area contributed by atoms with Gasteiger partial charge in [-0.3, -0.25) is 14.4 Å². The highest BCUT2D eigenvalue weighted by Gasteiger charge is 2.38. The fraction of sp³-hybridized carbons (Fsp3) is 0.667. The fourth-order valence-electron chi connectivity index (χ4n) is 1.35. The van der Waals surface area contributed by atoms with Crippen molar-refractivity contribution in [1.29, 1.82) is 0 Å². The molecule has 2 atom stereocenters. The van der Waals surface area contributed by atoms with E-state index in [-0.39, 0.29) is 29.9 Å². The summed E-state index contributed by atoms with van der Waals surface area (Å²) in [6, 6.07) is -1.06. The van der Waals surface area contributed by atoms with E-state index in [1.165, 1.54) is 0 Å². The SMILES string of the molecule is CC[C@H]1CC(=O)N(SC[C@H](N)C(=O)O)C1=O. The quantitative estimate of drug-likeness (QED) is 0.516. The van der Waals surface area contributed by atoms with Gasteiger partial charge >= 0.3 is 5.97 Å². The fourth-order valence-corrected chi connectivity index (χ4v) is 2.30. The number of nitrogens with two attached hydrogens (primary N) is 1. The van der Waals surface area contributed by atoms with Gasteiger partial charge in [-0.2, -0.15) is 0 Å². The number of amides is 2. The summed E-state index contributed by atoms with van der Waals surface area (Å²) in [7, 11) is 0. The highest BCUT2D eigenvalue weighted by Crippen LogP contribution is 2.28. The molecule has 1 saturated heterocycles. The largest absolute Gasteiger partial charge is 0.480 e. The monoisotopic (exact) mass is 246 g/mol. The van der Waals surface area contributed by atoms with Gasteiger partial charge < -0.3 is 10.8 Å². The van der Waals surface area contributed by atoms with Gasteiger partial charge in [-0.15, -0.1) is 0 Å². The number of nitrogens with zero attached hydrogens (tertiary/aromatic N) is 1. The molecule has 0 bridgehead atoms. The first-order chi connectivity index (χ1) is 7.47. The lowest BCUT2D eigenvalue weighted by Crippen LogP contribution is -2.35. The van der Waals surface area contributed by atoms with Crippen LogP contribution in [-0.2, 0) is 14.4 Å². The van der Waals surface area contributed by atoms with Crippen molar-refractivity contribution in [1.82, 2.24) is 4.31 Å². The first kappa shape index (κ1) is 13.0. The molecule has 0 aromatic heterocycles. The van der Waals surface area contributed by atoms with Crippen molar-refractivity contribution in [2.45, 2.75) is 25.8 Å². The molecule has 1 fully saturated rings. The van der Waals surface area contributed by atoms with Gasteiger partial charge in [0.25, 0.3) is 0 Å². The Labute approximate surface area is 97.3 Å². The Morgan fingerprint density at radius 3 is 2.75 bits per heavy atom. The Morgan fingerprint density at radius 2 is 2.31 bits per heavy atom. The Morgan fingerprint density at radius 1 is 1.69 bits per heavy atom. The molecule has 0 unspecified atom stereocenters. The lowest BCUT2D eigenvalue weighted by atomic mass is 10.1. The number of carbonyl (C=O) groups excluding carboxylic acids is 2. The van der Waals surface area contributed by atoms with Gasteiger partial charge in [0, 0.05) is 18.1 Å². The van der Waals surface area contributed by atoms with Crippen LogP contribution in [0, 0.1) is 5.92 Å². The van der Waals surface area contributed by atoms with Crippen LogP contribution in [0.15, 0.2) is 0 Å². The van der Waals surface area contributed by atoms with Crippen LogP contribution in [0.2, 0.25) is 0 Å². The zero-order chi connectivity index (χ0) is 12.3. The van der Waals surface area contributed by atoms with Crippen LogP contribution in [0.4, 0.5) is 0 Å². The number of imide groups is 1. The van der Waals surface area contributed by atoms with Gasteiger partial charge in [0.2, 0.25) is 11.8 Å². The van der Waals surface area contributed by atoms with Gasteiger partial charge in [-0.25, -0.2) is 4.31 Å². The van der Waals surface area contributed by atoms with E-state index in [0.717, 1.165) is 16.3 Å². The van der Waals surface area contributed by atoms with E-state index in [2.05, 4.69) is 0 Å². The molecular formula is C9H14N2O4S. The molecule has 0 aromatic rings. The summed E-state index contributed by atoms with van der Waals surface area (Å²) < 4.78 is 1.04. The van der Waals surface area contributed by atoms with E-state index < -0.39 is 12.0 Å². The molecule has 1 heterocycles. The van der Waals surface area contributed by atoms with Gasteiger partial charge in [0.1, 0.15) is 6.04 Å². The molecule has 3 N–H and O–H groups in total. The Kier molecular flexibility index (Phi) is 4.31. The van der Waals surface area contributed by atoms with Gasteiger partial charge in [-0.05, 0) is 18.4 Å². The van der Waals surface area contributed by atoms with Crippen molar-refractivity contribution in [3.05, 3.63) is 0 Å². The van der Waals surface area contributed by atoms with Crippen molar-refractivity contribution < 1.29 is 19.5 Å². The molecule has 1 rings (SSSR count). The first-order valence-corrected chi connectivity index (χ1v) is 5.89. The highest BCUT2D eigenvalue weighted by molar-refractivity contribution is 7.98. The summed E-state index contributed by atoms with van der Waals surface area (Å²) in [6.45, 7) is 1.84. The van der Waals surface area contributed by atoms with Crippen molar-refractivity contribution in [2.75, 3.05) is 5.75 Å². The lowest BCUT2D eigenvalue weighted by Gasteiger charge is -2.14. The Bertz CT molecular complexity index is 321. The predicted octanol–water partition coefficient (Wildman–Crippen LogP) is -0.168. The van der Waals surface area contributed by atoms with Crippen LogP contribution in [0.25, 0.3) is 0 Å². The van der Waals surface area contributed by atoms with E-state index in [1.54, 1.807) is 0 Å². The molecule has 6 nitrogen and oxygen atoms in total. The third kappa shape index (κ3) is 2.73. The highest BCUT2D eigenvalue weighted by atomic mass is 32.2. The van der Waals surface area contributed by atoms with Gasteiger partial charge in [-0.1, -0.05) is 6.92 Å². The number of rotatable bonds is 5.